The molecule has 1 aromatic carbocycles. The number of carbonyl (C=O) groups is 2. The quantitative estimate of drug-likeness (QED) is 0.696. The summed E-state index contributed by atoms with van der Waals surface area (Å²) in [7, 11) is 1.87. The van der Waals surface area contributed by atoms with Crippen LogP contribution in [-0.4, -0.2) is 39.7 Å². The fraction of sp³-hybridized carbons (Fsp3) is 0.353. The average molecular weight is 412 g/mol. The Bertz CT molecular complexity index is 842. The zero-order chi connectivity index (χ0) is 19.1. The van der Waals surface area contributed by atoms with Gasteiger partial charge in [-0.3, -0.25) is 4.79 Å². The lowest BCUT2D eigenvalue weighted by Crippen LogP contribution is -2.47. The summed E-state index contributed by atoms with van der Waals surface area (Å²) in [6.45, 7) is 5.41. The van der Waals surface area contributed by atoms with Crippen molar-refractivity contribution in [2.75, 3.05) is 18.7 Å². The molecule has 2 heterocycles. The molecule has 138 valence electrons. The van der Waals surface area contributed by atoms with Gasteiger partial charge in [0.25, 0.3) is 0 Å². The van der Waals surface area contributed by atoms with E-state index in [9.17, 15) is 9.59 Å². The topological polar surface area (TPSA) is 62.2 Å². The Labute approximate surface area is 165 Å². The van der Waals surface area contributed by atoms with Gasteiger partial charge in [-0.25, -0.2) is 9.80 Å². The normalized spacial score (nSPS) is 22.3. The largest absolute Gasteiger partial charge is 0.462 e. The number of allylic oxidation sites excluding steroid dienone is 1. The molecule has 1 aromatic rings. The summed E-state index contributed by atoms with van der Waals surface area (Å²) >= 11 is 8.79. The molecule has 0 radical (unpaired) electrons. The number of rotatable bonds is 4. The van der Waals surface area contributed by atoms with Crippen molar-refractivity contribution in [1.29, 1.82) is 0 Å². The van der Waals surface area contributed by atoms with Crippen LogP contribution in [0.4, 0.5) is 5.69 Å². The smallest absolute Gasteiger partial charge is 0.346 e. The van der Waals surface area contributed by atoms with Crippen LogP contribution < -0.4 is 5.01 Å². The summed E-state index contributed by atoms with van der Waals surface area (Å²) in [5.41, 5.74) is 1.51. The molecule has 0 saturated heterocycles. The highest BCUT2D eigenvalue weighted by Crippen LogP contribution is 2.58. The molecular formula is C17H18ClN3O3S2. The molecule has 2 aliphatic rings. The Morgan fingerprint density at radius 1 is 1.35 bits per heavy atom. The predicted octanol–water partition coefficient (Wildman–Crippen LogP) is 3.88. The van der Waals surface area contributed by atoms with Crippen LogP contribution in [0.1, 0.15) is 20.8 Å². The van der Waals surface area contributed by atoms with Crippen LogP contribution >= 0.6 is 35.1 Å². The number of anilines is 1. The predicted molar refractivity (Wildman–Crippen MR) is 107 cm³/mol. The summed E-state index contributed by atoms with van der Waals surface area (Å²) in [6, 6.07) is 7.24. The highest BCUT2D eigenvalue weighted by Gasteiger charge is 2.56. The molecule has 0 aliphatic carbocycles. The summed E-state index contributed by atoms with van der Waals surface area (Å²) in [6.07, 6.45) is 0. The first-order valence-corrected chi connectivity index (χ1v) is 9.96. The molecule has 0 aromatic heterocycles. The third-order valence-electron chi connectivity index (χ3n) is 3.99. The van der Waals surface area contributed by atoms with Gasteiger partial charge in [0, 0.05) is 24.7 Å². The van der Waals surface area contributed by atoms with E-state index in [2.05, 4.69) is 5.10 Å². The van der Waals surface area contributed by atoms with Crippen molar-refractivity contribution >= 4 is 57.6 Å². The van der Waals surface area contributed by atoms with Gasteiger partial charge in [-0.05, 0) is 43.8 Å². The number of ketones is 1. The molecule has 0 N–H and O–H groups in total. The van der Waals surface area contributed by atoms with Gasteiger partial charge in [-0.15, -0.1) is 0 Å². The minimum absolute atomic E-state index is 0.129. The van der Waals surface area contributed by atoms with E-state index in [1.54, 1.807) is 24.1 Å². The minimum Gasteiger partial charge on any atom is -0.462 e. The monoisotopic (exact) mass is 411 g/mol. The van der Waals surface area contributed by atoms with Crippen LogP contribution in [0.2, 0.25) is 5.02 Å². The Morgan fingerprint density at radius 3 is 2.69 bits per heavy atom. The molecule has 0 saturated carbocycles. The first kappa shape index (κ1) is 19.1. The first-order valence-electron chi connectivity index (χ1n) is 7.95. The Kier molecular flexibility index (Phi) is 5.28. The lowest BCUT2D eigenvalue weighted by atomic mass is 10.3. The number of benzene rings is 1. The van der Waals surface area contributed by atoms with E-state index in [1.165, 1.54) is 30.4 Å². The maximum atomic E-state index is 12.4. The fourth-order valence-corrected chi connectivity index (χ4v) is 5.68. The molecule has 26 heavy (non-hydrogen) atoms. The number of hydrazone groups is 1. The molecule has 2 aliphatic heterocycles. The molecular weight excluding hydrogens is 394 g/mol. The second-order valence-electron chi connectivity index (χ2n) is 5.70. The van der Waals surface area contributed by atoms with Crippen molar-refractivity contribution in [3.8, 4) is 0 Å². The molecule has 6 nitrogen and oxygen atoms in total. The number of carbonyl (C=O) groups excluding carboxylic acids is 2. The van der Waals surface area contributed by atoms with Gasteiger partial charge in [0.2, 0.25) is 4.33 Å². The van der Waals surface area contributed by atoms with Crippen molar-refractivity contribution in [3.63, 3.8) is 0 Å². The first-order chi connectivity index (χ1) is 12.3. The molecule has 1 atom stereocenters. The van der Waals surface area contributed by atoms with Crippen LogP contribution in [0.3, 0.4) is 0 Å². The van der Waals surface area contributed by atoms with Gasteiger partial charge in [0.05, 0.1) is 12.3 Å². The van der Waals surface area contributed by atoms with Crippen molar-refractivity contribution in [1.82, 2.24) is 4.90 Å². The molecule has 9 heteroatoms. The number of hydrogen-bond donors (Lipinski definition) is 0. The lowest BCUT2D eigenvalue weighted by molar-refractivity contribution is -0.137. The number of halogens is 1. The molecule has 0 fully saturated rings. The van der Waals surface area contributed by atoms with Crippen LogP contribution in [0.5, 0.6) is 0 Å². The minimum atomic E-state index is -0.822. The van der Waals surface area contributed by atoms with Crippen molar-refractivity contribution in [2.45, 2.75) is 25.1 Å². The maximum absolute atomic E-state index is 12.4. The fourth-order valence-electron chi connectivity index (χ4n) is 2.61. The third-order valence-corrected chi connectivity index (χ3v) is 7.38. The summed E-state index contributed by atoms with van der Waals surface area (Å²) < 4.78 is 4.36. The number of esters is 1. The van der Waals surface area contributed by atoms with Crippen LogP contribution in [-0.2, 0) is 14.3 Å². The number of thioether (sulfide) groups is 2. The highest BCUT2D eigenvalue weighted by molar-refractivity contribution is 8.28. The highest BCUT2D eigenvalue weighted by atomic mass is 35.5. The second kappa shape index (κ2) is 7.17. The standard InChI is InChI=1S/C17H18ClN3O3S2/c1-5-24-16(23)14-10(2)20(4)17(25-14)21(19-15(26-17)11(3)22)13-8-6-7-12(18)9-13/h6-9H,5H2,1-4H3/t17-/m1/s1. The molecule has 0 amide bonds. The Morgan fingerprint density at radius 2 is 2.08 bits per heavy atom. The van der Waals surface area contributed by atoms with E-state index in [0.717, 1.165) is 11.4 Å². The molecule has 1 spiro atoms. The van der Waals surface area contributed by atoms with E-state index in [1.807, 2.05) is 31.0 Å². The van der Waals surface area contributed by atoms with Gasteiger partial charge in [-0.1, -0.05) is 29.4 Å². The lowest BCUT2D eigenvalue weighted by Gasteiger charge is -2.39. The van der Waals surface area contributed by atoms with Gasteiger partial charge >= 0.3 is 5.97 Å². The second-order valence-corrected chi connectivity index (χ2v) is 8.74. The van der Waals surface area contributed by atoms with Gasteiger partial charge < -0.3 is 9.64 Å². The van der Waals surface area contributed by atoms with Crippen molar-refractivity contribution in [3.05, 3.63) is 39.9 Å². The van der Waals surface area contributed by atoms with Gasteiger partial charge in [-0.2, -0.15) is 5.10 Å². The Hall–Kier alpha value is -1.64. The average Bonchev–Trinajstić information content (AvgIpc) is 3.10. The molecule has 3 rings (SSSR count). The van der Waals surface area contributed by atoms with Crippen molar-refractivity contribution in [2.24, 2.45) is 5.10 Å². The van der Waals surface area contributed by atoms with Gasteiger partial charge in [0.15, 0.2) is 10.8 Å². The number of ether oxygens (including phenoxy) is 1. The summed E-state index contributed by atoms with van der Waals surface area (Å²) in [5.74, 6) is -0.503. The van der Waals surface area contributed by atoms with Crippen molar-refractivity contribution < 1.29 is 14.3 Å². The van der Waals surface area contributed by atoms with E-state index >= 15 is 0 Å². The van der Waals surface area contributed by atoms with Crippen LogP contribution in [0.15, 0.2) is 40.0 Å². The van der Waals surface area contributed by atoms with E-state index in [0.29, 0.717) is 21.6 Å². The maximum Gasteiger partial charge on any atom is 0.346 e. The third kappa shape index (κ3) is 3.10. The SMILES string of the molecule is CCOC(=O)C1=C(C)N(C)[C@]2(SC(C(C)=O)=NN2c2cccc(Cl)c2)S1. The van der Waals surface area contributed by atoms with Crippen LogP contribution in [0, 0.1) is 0 Å². The summed E-state index contributed by atoms with van der Waals surface area (Å²) in [4.78, 5) is 26.8. The zero-order valence-corrected chi connectivity index (χ0v) is 17.2. The molecule has 0 bridgehead atoms. The number of hydrogen-bond acceptors (Lipinski definition) is 8. The number of Topliss-reactive ketones (excluding diaryl/α,β-unsaturated/α-hetero) is 1. The molecule has 0 unspecified atom stereocenters. The van der Waals surface area contributed by atoms with E-state index in [-0.39, 0.29) is 11.8 Å². The zero-order valence-electron chi connectivity index (χ0n) is 14.8. The van der Waals surface area contributed by atoms with Gasteiger partial charge in [0.1, 0.15) is 4.91 Å². The van der Waals surface area contributed by atoms with Crippen LogP contribution in [0.25, 0.3) is 0 Å². The van der Waals surface area contributed by atoms with E-state index in [4.69, 9.17) is 16.3 Å². The number of nitrogens with zero attached hydrogens (tertiary/aromatic N) is 3. The summed E-state index contributed by atoms with van der Waals surface area (Å²) in [5, 5.41) is 7.20. The van der Waals surface area contributed by atoms with E-state index < -0.39 is 4.33 Å². The Balaban J connectivity index is 2.05.